The summed E-state index contributed by atoms with van der Waals surface area (Å²) >= 11 is 0. The summed E-state index contributed by atoms with van der Waals surface area (Å²) < 4.78 is 26.0. The van der Waals surface area contributed by atoms with Crippen molar-refractivity contribution in [3.63, 3.8) is 0 Å². The van der Waals surface area contributed by atoms with Crippen LogP contribution in [0.4, 0.5) is 0 Å². The molecule has 28 heavy (non-hydrogen) atoms. The molecule has 1 atom stereocenters. The molecule has 2 aromatic rings. The van der Waals surface area contributed by atoms with E-state index in [1.54, 1.807) is 32.3 Å². The van der Waals surface area contributed by atoms with Crippen LogP contribution in [-0.2, 0) is 22.0 Å². The number of rotatable bonds is 7. The van der Waals surface area contributed by atoms with Gasteiger partial charge in [-0.05, 0) is 40.2 Å². The highest BCUT2D eigenvalue weighted by molar-refractivity contribution is 7.89. The molecule has 5 heteroatoms. The molecule has 0 saturated carbocycles. The summed E-state index contributed by atoms with van der Waals surface area (Å²) in [4.78, 5) is 0.326. The lowest BCUT2D eigenvalue weighted by molar-refractivity contribution is 0.410. The summed E-state index contributed by atoms with van der Waals surface area (Å²) in [6, 6.07) is 16.2. The highest BCUT2D eigenvalue weighted by Crippen LogP contribution is 2.27. The van der Waals surface area contributed by atoms with E-state index in [1.165, 1.54) is 15.4 Å². The maximum Gasteiger partial charge on any atom is 0.242 e. The smallest absolute Gasteiger partial charge is 0.242 e. The zero-order valence-corrected chi connectivity index (χ0v) is 19.0. The third-order valence-electron chi connectivity index (χ3n) is 5.01. The number of sulfonamides is 1. The normalized spacial score (nSPS) is 13.9. The van der Waals surface area contributed by atoms with E-state index in [2.05, 4.69) is 64.2 Å². The zero-order valence-electron chi connectivity index (χ0n) is 18.2. The molecule has 4 nitrogen and oxygen atoms in total. The van der Waals surface area contributed by atoms with Crippen molar-refractivity contribution in [1.29, 1.82) is 0 Å². The summed E-state index contributed by atoms with van der Waals surface area (Å²) in [6.07, 6.45) is 0. The van der Waals surface area contributed by atoms with Crippen LogP contribution in [0.15, 0.2) is 53.4 Å². The molecule has 154 valence electrons. The predicted octanol–water partition coefficient (Wildman–Crippen LogP) is 4.72. The number of hydrogen-bond acceptors (Lipinski definition) is 3. The fourth-order valence-electron chi connectivity index (χ4n) is 3.18. The summed E-state index contributed by atoms with van der Waals surface area (Å²) in [5, 5.41) is 3.61. The number of hydrogen-bond donors (Lipinski definition) is 1. The molecule has 0 bridgehead atoms. The van der Waals surface area contributed by atoms with E-state index in [-0.39, 0.29) is 11.5 Å². The average Bonchev–Trinajstić information content (AvgIpc) is 2.61. The Morgan fingerprint density at radius 1 is 1.00 bits per heavy atom. The summed E-state index contributed by atoms with van der Waals surface area (Å²) in [5.74, 6) is 0.411. The minimum atomic E-state index is -3.42. The van der Waals surface area contributed by atoms with Crippen molar-refractivity contribution in [2.24, 2.45) is 5.92 Å². The Bertz CT molecular complexity index is 880. The molecule has 0 radical (unpaired) electrons. The van der Waals surface area contributed by atoms with Crippen molar-refractivity contribution in [3.8, 4) is 0 Å². The van der Waals surface area contributed by atoms with Gasteiger partial charge in [0.15, 0.2) is 0 Å². The van der Waals surface area contributed by atoms with Crippen molar-refractivity contribution in [1.82, 2.24) is 9.62 Å². The van der Waals surface area contributed by atoms with Gasteiger partial charge < -0.3 is 5.32 Å². The second kappa shape index (κ2) is 8.76. The molecule has 0 fully saturated rings. The Hall–Kier alpha value is -1.69. The lowest BCUT2D eigenvalue weighted by Crippen LogP contribution is -2.26. The van der Waals surface area contributed by atoms with Crippen LogP contribution in [0.5, 0.6) is 0 Å². The van der Waals surface area contributed by atoms with Gasteiger partial charge in [-0.15, -0.1) is 0 Å². The second-order valence-corrected chi connectivity index (χ2v) is 11.1. The maximum atomic E-state index is 12.4. The van der Waals surface area contributed by atoms with Crippen LogP contribution in [0.25, 0.3) is 0 Å². The van der Waals surface area contributed by atoms with Crippen LogP contribution in [0, 0.1) is 5.92 Å². The zero-order chi connectivity index (χ0) is 21.1. The Morgan fingerprint density at radius 2 is 1.61 bits per heavy atom. The summed E-state index contributed by atoms with van der Waals surface area (Å²) in [7, 11) is -0.316. The minimum absolute atomic E-state index is 0.137. The van der Waals surface area contributed by atoms with Gasteiger partial charge >= 0.3 is 0 Å². The van der Waals surface area contributed by atoms with Crippen molar-refractivity contribution in [2.45, 2.75) is 57.5 Å². The van der Waals surface area contributed by atoms with Crippen LogP contribution >= 0.6 is 0 Å². The largest absolute Gasteiger partial charge is 0.306 e. The van der Waals surface area contributed by atoms with E-state index in [0.717, 1.165) is 5.56 Å². The molecule has 0 amide bonds. The van der Waals surface area contributed by atoms with Crippen LogP contribution in [0.3, 0.4) is 0 Å². The Kier molecular flexibility index (Phi) is 7.07. The molecular formula is C23H34N2O2S. The average molecular weight is 403 g/mol. The third-order valence-corrected chi connectivity index (χ3v) is 6.82. The number of nitrogens with one attached hydrogen (secondary N) is 1. The highest BCUT2D eigenvalue weighted by atomic mass is 32.2. The first-order valence-corrected chi connectivity index (χ1v) is 11.2. The Labute approximate surface area is 171 Å². The monoisotopic (exact) mass is 402 g/mol. The highest BCUT2D eigenvalue weighted by Gasteiger charge is 2.19. The predicted molar refractivity (Wildman–Crippen MR) is 117 cm³/mol. The molecule has 0 spiro atoms. The topological polar surface area (TPSA) is 49.4 Å². The fraction of sp³-hybridized carbons (Fsp3) is 0.478. The van der Waals surface area contributed by atoms with Crippen LogP contribution < -0.4 is 5.32 Å². The van der Waals surface area contributed by atoms with Gasteiger partial charge in [-0.3, -0.25) is 0 Å². The second-order valence-electron chi connectivity index (χ2n) is 8.91. The van der Waals surface area contributed by atoms with Gasteiger partial charge in [-0.2, -0.15) is 0 Å². The van der Waals surface area contributed by atoms with Crippen LogP contribution in [0.2, 0.25) is 0 Å². The first kappa shape index (κ1) is 22.6. The third kappa shape index (κ3) is 5.43. The standard InChI is InChI=1S/C23H34N2O2S/c1-17(2)22(19-11-13-20(14-12-19)23(3,4)5)24-16-18-9-8-10-21(15-18)28(26,27)25(6)7/h8-15,17,22,24H,16H2,1-7H3. The van der Waals surface area contributed by atoms with Crippen molar-refractivity contribution in [3.05, 3.63) is 65.2 Å². The Balaban J connectivity index is 2.19. The van der Waals surface area contributed by atoms with Crippen molar-refractivity contribution >= 4 is 10.0 Å². The van der Waals surface area contributed by atoms with E-state index < -0.39 is 10.0 Å². The summed E-state index contributed by atoms with van der Waals surface area (Å²) in [6.45, 7) is 11.7. The first-order chi connectivity index (χ1) is 12.9. The van der Waals surface area contributed by atoms with Crippen molar-refractivity contribution in [2.75, 3.05) is 14.1 Å². The molecule has 1 unspecified atom stereocenters. The van der Waals surface area contributed by atoms with Gasteiger partial charge in [0.1, 0.15) is 0 Å². The molecule has 0 aliphatic heterocycles. The molecule has 2 aromatic carbocycles. The molecular weight excluding hydrogens is 368 g/mol. The van der Waals surface area contributed by atoms with E-state index in [0.29, 0.717) is 17.4 Å². The Morgan fingerprint density at radius 3 is 2.11 bits per heavy atom. The number of benzene rings is 2. The van der Waals surface area contributed by atoms with E-state index in [1.807, 2.05) is 6.07 Å². The van der Waals surface area contributed by atoms with Gasteiger partial charge in [-0.25, -0.2) is 12.7 Å². The summed E-state index contributed by atoms with van der Waals surface area (Å²) in [5.41, 5.74) is 3.66. The molecule has 2 rings (SSSR count). The minimum Gasteiger partial charge on any atom is -0.306 e. The molecule has 0 aliphatic carbocycles. The quantitative estimate of drug-likeness (QED) is 0.729. The number of nitrogens with zero attached hydrogens (tertiary/aromatic N) is 1. The van der Waals surface area contributed by atoms with Gasteiger partial charge in [0.05, 0.1) is 4.90 Å². The van der Waals surface area contributed by atoms with Crippen LogP contribution in [-0.4, -0.2) is 26.8 Å². The van der Waals surface area contributed by atoms with Crippen molar-refractivity contribution < 1.29 is 8.42 Å². The van der Waals surface area contributed by atoms with Gasteiger partial charge in [0.2, 0.25) is 10.0 Å². The maximum absolute atomic E-state index is 12.4. The van der Waals surface area contributed by atoms with E-state index in [4.69, 9.17) is 0 Å². The molecule has 1 N–H and O–H groups in total. The lowest BCUT2D eigenvalue weighted by Gasteiger charge is -2.25. The lowest BCUT2D eigenvalue weighted by atomic mass is 9.85. The van der Waals surface area contributed by atoms with E-state index >= 15 is 0 Å². The van der Waals surface area contributed by atoms with Gasteiger partial charge in [0.25, 0.3) is 0 Å². The fourth-order valence-corrected chi connectivity index (χ4v) is 4.16. The molecule has 0 aromatic heterocycles. The van der Waals surface area contributed by atoms with E-state index in [9.17, 15) is 8.42 Å². The molecule has 0 saturated heterocycles. The SMILES string of the molecule is CC(C)C(NCc1cccc(S(=O)(=O)N(C)C)c1)c1ccc(C(C)(C)C)cc1. The first-order valence-electron chi connectivity index (χ1n) is 9.78. The van der Waals surface area contributed by atoms with Gasteiger partial charge in [0, 0.05) is 26.7 Å². The molecule has 0 aliphatic rings. The van der Waals surface area contributed by atoms with Crippen LogP contribution in [0.1, 0.15) is 57.4 Å². The van der Waals surface area contributed by atoms with Gasteiger partial charge in [-0.1, -0.05) is 71.0 Å². The molecule has 0 heterocycles.